The van der Waals surface area contributed by atoms with Crippen molar-refractivity contribution >= 4 is 16.9 Å². The summed E-state index contributed by atoms with van der Waals surface area (Å²) in [5.41, 5.74) is 1.31. The summed E-state index contributed by atoms with van der Waals surface area (Å²) < 4.78 is 22.3. The van der Waals surface area contributed by atoms with E-state index in [4.69, 9.17) is 18.6 Å². The zero-order valence-corrected chi connectivity index (χ0v) is 18.1. The van der Waals surface area contributed by atoms with Crippen LogP contribution in [0.25, 0.3) is 11.0 Å². The molecule has 1 amide bonds. The zero-order valence-electron chi connectivity index (χ0n) is 18.1. The van der Waals surface area contributed by atoms with Crippen LogP contribution in [0.3, 0.4) is 0 Å². The van der Waals surface area contributed by atoms with Gasteiger partial charge >= 0.3 is 0 Å². The van der Waals surface area contributed by atoms with Crippen LogP contribution in [0.1, 0.15) is 31.7 Å². The van der Waals surface area contributed by atoms with Crippen LogP contribution in [-0.2, 0) is 16.0 Å². The van der Waals surface area contributed by atoms with Crippen LogP contribution in [0, 0.1) is 0 Å². The first kappa shape index (κ1) is 21.9. The number of carbonyl (C=O) groups excluding carboxylic acids is 1. The highest BCUT2D eigenvalue weighted by Gasteiger charge is 2.16. The van der Waals surface area contributed by atoms with Crippen molar-refractivity contribution in [2.75, 3.05) is 19.8 Å². The Hall–Kier alpha value is -3.32. The number of carbonyl (C=O) groups is 1. The van der Waals surface area contributed by atoms with Crippen molar-refractivity contribution in [3.05, 3.63) is 64.5 Å². The number of nitrogens with one attached hydrogen (secondary N) is 1. The van der Waals surface area contributed by atoms with Gasteiger partial charge < -0.3 is 23.9 Å². The Balaban J connectivity index is 1.38. The fourth-order valence-corrected chi connectivity index (χ4v) is 3.62. The van der Waals surface area contributed by atoms with Crippen LogP contribution in [0.15, 0.2) is 57.9 Å². The van der Waals surface area contributed by atoms with Crippen molar-refractivity contribution in [3.63, 3.8) is 0 Å². The Kier molecular flexibility index (Phi) is 7.07. The van der Waals surface area contributed by atoms with Crippen LogP contribution < -0.4 is 20.2 Å². The first-order valence-electron chi connectivity index (χ1n) is 11.0. The van der Waals surface area contributed by atoms with E-state index in [0.717, 1.165) is 32.3 Å². The molecule has 7 heteroatoms. The molecule has 7 nitrogen and oxygen atoms in total. The van der Waals surface area contributed by atoms with Gasteiger partial charge in [0.25, 0.3) is 5.91 Å². The molecule has 3 aromatic rings. The van der Waals surface area contributed by atoms with E-state index in [0.29, 0.717) is 29.0 Å². The van der Waals surface area contributed by atoms with E-state index >= 15 is 0 Å². The molecule has 4 rings (SSSR count). The highest BCUT2D eigenvalue weighted by Crippen LogP contribution is 2.24. The summed E-state index contributed by atoms with van der Waals surface area (Å²) in [6, 6.07) is 12.5. The highest BCUT2D eigenvalue weighted by molar-refractivity contribution is 5.80. The molecular weight excluding hydrogens is 410 g/mol. The van der Waals surface area contributed by atoms with Crippen molar-refractivity contribution < 1.29 is 23.4 Å². The van der Waals surface area contributed by atoms with Gasteiger partial charge in [0.1, 0.15) is 23.3 Å². The second kappa shape index (κ2) is 10.3. The molecule has 1 atom stereocenters. The predicted octanol–water partition coefficient (Wildman–Crippen LogP) is 4.21. The van der Waals surface area contributed by atoms with Gasteiger partial charge in [-0.2, -0.15) is 0 Å². The molecule has 168 valence electrons. The maximum Gasteiger partial charge on any atom is 0.258 e. The average Bonchev–Trinajstić information content (AvgIpc) is 3.33. The number of rotatable bonds is 9. The Bertz CT molecular complexity index is 1120. The van der Waals surface area contributed by atoms with E-state index in [1.807, 2.05) is 24.3 Å². The molecule has 0 saturated carbocycles. The molecule has 1 aliphatic heterocycles. The molecule has 0 unspecified atom stereocenters. The molecule has 1 fully saturated rings. The summed E-state index contributed by atoms with van der Waals surface area (Å²) in [7, 11) is 0. The van der Waals surface area contributed by atoms with Crippen LogP contribution in [-0.4, -0.2) is 31.8 Å². The molecule has 0 bridgehead atoms. The van der Waals surface area contributed by atoms with Crippen molar-refractivity contribution in [3.8, 4) is 17.2 Å². The van der Waals surface area contributed by atoms with E-state index < -0.39 is 0 Å². The fourth-order valence-electron chi connectivity index (χ4n) is 3.62. The maximum atomic E-state index is 12.8. The maximum absolute atomic E-state index is 12.8. The van der Waals surface area contributed by atoms with Gasteiger partial charge in [0.05, 0.1) is 11.5 Å². The van der Waals surface area contributed by atoms with Gasteiger partial charge in [0, 0.05) is 19.2 Å². The minimum Gasteiger partial charge on any atom is -0.484 e. The largest absolute Gasteiger partial charge is 0.484 e. The zero-order chi connectivity index (χ0) is 22.3. The standard InChI is InChI=1S/C25H27NO6/c1-2-4-17-6-8-18(9-7-17)32-23-15-31-22-13-19(10-11-21(22)25(23)28)30-16-24(27)26-14-20-5-3-12-29-20/h6-11,13,15,20H,2-5,12,14,16H2,1H3,(H,26,27)/t20-/m0/s1. The van der Waals surface area contributed by atoms with Crippen LogP contribution >= 0.6 is 0 Å². The fraction of sp³-hybridized carbons (Fsp3) is 0.360. The molecule has 1 aliphatic rings. The lowest BCUT2D eigenvalue weighted by Gasteiger charge is -2.11. The summed E-state index contributed by atoms with van der Waals surface area (Å²) in [5.74, 6) is 0.900. The SMILES string of the molecule is CCCc1ccc(Oc2coc3cc(OCC(=O)NC[C@@H]4CCCO4)ccc3c2=O)cc1. The number of fused-ring (bicyclic) bond motifs is 1. The van der Waals surface area contributed by atoms with E-state index in [1.54, 1.807) is 18.2 Å². The molecular formula is C25H27NO6. The minimum absolute atomic E-state index is 0.0830. The number of hydrogen-bond donors (Lipinski definition) is 1. The summed E-state index contributed by atoms with van der Waals surface area (Å²) in [6.45, 7) is 3.23. The van der Waals surface area contributed by atoms with E-state index in [-0.39, 0.29) is 29.8 Å². The predicted molar refractivity (Wildman–Crippen MR) is 120 cm³/mol. The van der Waals surface area contributed by atoms with Crippen LogP contribution in [0.2, 0.25) is 0 Å². The van der Waals surface area contributed by atoms with Gasteiger partial charge in [-0.05, 0) is 49.1 Å². The van der Waals surface area contributed by atoms with Gasteiger partial charge in [-0.15, -0.1) is 0 Å². The summed E-state index contributed by atoms with van der Waals surface area (Å²) >= 11 is 0. The average molecular weight is 437 g/mol. The third-order valence-corrected chi connectivity index (χ3v) is 5.33. The Labute approximate surface area is 186 Å². The van der Waals surface area contributed by atoms with Gasteiger partial charge in [-0.3, -0.25) is 9.59 Å². The second-order valence-corrected chi connectivity index (χ2v) is 7.81. The summed E-state index contributed by atoms with van der Waals surface area (Å²) in [5, 5.41) is 3.18. The molecule has 0 spiro atoms. The molecule has 1 saturated heterocycles. The van der Waals surface area contributed by atoms with Crippen molar-refractivity contribution in [2.24, 2.45) is 0 Å². The lowest BCUT2D eigenvalue weighted by atomic mass is 10.1. The normalized spacial score (nSPS) is 15.6. The molecule has 2 aromatic carbocycles. The summed E-state index contributed by atoms with van der Waals surface area (Å²) in [6.07, 6.45) is 5.43. The van der Waals surface area contributed by atoms with Crippen molar-refractivity contribution in [1.29, 1.82) is 0 Å². The first-order valence-corrected chi connectivity index (χ1v) is 11.0. The Morgan fingerprint density at radius 2 is 1.97 bits per heavy atom. The third kappa shape index (κ3) is 5.48. The molecule has 0 aliphatic carbocycles. The number of benzene rings is 2. The van der Waals surface area contributed by atoms with Gasteiger partial charge in [-0.1, -0.05) is 25.5 Å². The molecule has 2 heterocycles. The van der Waals surface area contributed by atoms with E-state index in [1.165, 1.54) is 11.8 Å². The molecule has 1 N–H and O–H groups in total. The van der Waals surface area contributed by atoms with Gasteiger partial charge in [0.2, 0.25) is 11.2 Å². The number of hydrogen-bond acceptors (Lipinski definition) is 6. The number of amides is 1. The highest BCUT2D eigenvalue weighted by atomic mass is 16.5. The lowest BCUT2D eigenvalue weighted by Crippen LogP contribution is -2.35. The summed E-state index contributed by atoms with van der Waals surface area (Å²) in [4.78, 5) is 24.8. The molecule has 1 aromatic heterocycles. The lowest BCUT2D eigenvalue weighted by molar-refractivity contribution is -0.123. The monoisotopic (exact) mass is 437 g/mol. The quantitative estimate of drug-likeness (QED) is 0.540. The smallest absolute Gasteiger partial charge is 0.258 e. The second-order valence-electron chi connectivity index (χ2n) is 7.81. The number of ether oxygens (including phenoxy) is 3. The molecule has 0 radical (unpaired) electrons. The van der Waals surface area contributed by atoms with Crippen LogP contribution in [0.4, 0.5) is 0 Å². The first-order chi connectivity index (χ1) is 15.6. The Morgan fingerprint density at radius 1 is 1.16 bits per heavy atom. The topological polar surface area (TPSA) is 87.0 Å². The van der Waals surface area contributed by atoms with E-state index in [9.17, 15) is 9.59 Å². The van der Waals surface area contributed by atoms with Gasteiger partial charge in [-0.25, -0.2) is 0 Å². The van der Waals surface area contributed by atoms with Crippen molar-refractivity contribution in [2.45, 2.75) is 38.7 Å². The van der Waals surface area contributed by atoms with Crippen molar-refractivity contribution in [1.82, 2.24) is 5.32 Å². The third-order valence-electron chi connectivity index (χ3n) is 5.33. The number of aryl methyl sites for hydroxylation is 1. The Morgan fingerprint density at radius 3 is 2.72 bits per heavy atom. The minimum atomic E-state index is -0.273. The molecule has 32 heavy (non-hydrogen) atoms. The van der Waals surface area contributed by atoms with Gasteiger partial charge in [0.15, 0.2) is 6.61 Å². The van der Waals surface area contributed by atoms with Crippen LogP contribution in [0.5, 0.6) is 17.2 Å². The van der Waals surface area contributed by atoms with E-state index in [2.05, 4.69) is 12.2 Å².